The molecular formula is C13H20ClN3O. The van der Waals surface area contributed by atoms with E-state index in [1.807, 2.05) is 6.92 Å². The summed E-state index contributed by atoms with van der Waals surface area (Å²) in [4.78, 5) is 8.51. The number of aromatic nitrogens is 2. The zero-order valence-corrected chi connectivity index (χ0v) is 11.5. The van der Waals surface area contributed by atoms with Crippen LogP contribution in [0.5, 0.6) is 0 Å². The molecule has 0 amide bonds. The van der Waals surface area contributed by atoms with Crippen molar-refractivity contribution < 1.29 is 4.74 Å². The summed E-state index contributed by atoms with van der Waals surface area (Å²) < 4.78 is 5.29. The summed E-state index contributed by atoms with van der Waals surface area (Å²) in [5.41, 5.74) is 0. The van der Waals surface area contributed by atoms with E-state index in [9.17, 15) is 0 Å². The first-order chi connectivity index (χ1) is 8.78. The molecule has 0 spiro atoms. The van der Waals surface area contributed by atoms with Crippen LogP contribution in [0.25, 0.3) is 0 Å². The maximum atomic E-state index is 5.96. The first kappa shape index (κ1) is 13.6. The van der Waals surface area contributed by atoms with Crippen LogP contribution in [-0.4, -0.2) is 23.1 Å². The van der Waals surface area contributed by atoms with Gasteiger partial charge in [-0.15, -0.1) is 0 Å². The number of hydrogen-bond acceptors (Lipinski definition) is 4. The molecule has 1 aromatic heterocycles. The van der Waals surface area contributed by atoms with Crippen molar-refractivity contribution in [2.45, 2.75) is 39.2 Å². The quantitative estimate of drug-likeness (QED) is 0.772. The Bertz CT molecular complexity index is 382. The van der Waals surface area contributed by atoms with Crippen LogP contribution < -0.4 is 5.32 Å². The minimum absolute atomic E-state index is 0.411. The predicted octanol–water partition coefficient (Wildman–Crippen LogP) is 3.27. The van der Waals surface area contributed by atoms with Crippen molar-refractivity contribution in [2.75, 3.05) is 18.5 Å². The molecule has 5 heteroatoms. The van der Waals surface area contributed by atoms with Gasteiger partial charge in [0.1, 0.15) is 17.6 Å². The average molecular weight is 270 g/mol. The van der Waals surface area contributed by atoms with Crippen LogP contribution in [0.4, 0.5) is 5.82 Å². The van der Waals surface area contributed by atoms with E-state index < -0.39 is 0 Å². The van der Waals surface area contributed by atoms with Crippen molar-refractivity contribution >= 4 is 17.4 Å². The van der Waals surface area contributed by atoms with Crippen molar-refractivity contribution in [1.82, 2.24) is 9.97 Å². The molecule has 0 atom stereocenters. The summed E-state index contributed by atoms with van der Waals surface area (Å²) in [7, 11) is 0. The fourth-order valence-electron chi connectivity index (χ4n) is 2.00. The Morgan fingerprint density at radius 1 is 1.44 bits per heavy atom. The minimum atomic E-state index is 0.411. The molecule has 0 unspecified atom stereocenters. The third kappa shape index (κ3) is 4.10. The molecule has 0 radical (unpaired) electrons. The lowest BCUT2D eigenvalue weighted by Crippen LogP contribution is -2.16. The first-order valence-corrected chi connectivity index (χ1v) is 7.01. The number of rotatable bonds is 7. The Morgan fingerprint density at radius 2 is 2.28 bits per heavy atom. The lowest BCUT2D eigenvalue weighted by molar-refractivity contribution is 0.128. The van der Waals surface area contributed by atoms with Crippen LogP contribution in [0, 0.1) is 5.92 Å². The third-order valence-corrected chi connectivity index (χ3v) is 3.45. The molecule has 18 heavy (non-hydrogen) atoms. The van der Waals surface area contributed by atoms with Crippen LogP contribution >= 0.6 is 11.6 Å². The molecule has 1 aromatic rings. The number of ether oxygens (including phenoxy) is 1. The number of nitrogens with one attached hydrogen (secondary N) is 1. The Balaban J connectivity index is 1.83. The zero-order valence-electron chi connectivity index (χ0n) is 10.8. The van der Waals surface area contributed by atoms with Gasteiger partial charge in [-0.2, -0.15) is 0 Å². The smallest absolute Gasteiger partial charge is 0.158 e. The van der Waals surface area contributed by atoms with Crippen LogP contribution in [0.1, 0.15) is 38.4 Å². The largest absolute Gasteiger partial charge is 0.374 e. The molecule has 100 valence electrons. The van der Waals surface area contributed by atoms with E-state index >= 15 is 0 Å². The van der Waals surface area contributed by atoms with E-state index in [2.05, 4.69) is 15.3 Å². The number of nitrogens with zero attached hydrogens (tertiary/aromatic N) is 2. The van der Waals surface area contributed by atoms with Crippen molar-refractivity contribution in [3.05, 3.63) is 17.0 Å². The highest BCUT2D eigenvalue weighted by molar-refractivity contribution is 6.29. The molecular weight excluding hydrogens is 250 g/mol. The Hall–Kier alpha value is -0.870. The standard InChI is InChI=1S/C13H20ClN3O/c1-2-18-9-13-16-11(14)8-12(17-13)15-7-6-10-4-3-5-10/h8,10H,2-7,9H2,1H3,(H,15,16,17). The van der Waals surface area contributed by atoms with Gasteiger partial charge in [0.2, 0.25) is 0 Å². The van der Waals surface area contributed by atoms with Crippen LogP contribution in [0.2, 0.25) is 5.15 Å². The molecule has 1 heterocycles. The third-order valence-electron chi connectivity index (χ3n) is 3.26. The molecule has 1 saturated carbocycles. The van der Waals surface area contributed by atoms with Gasteiger partial charge >= 0.3 is 0 Å². The molecule has 1 aliphatic carbocycles. The lowest BCUT2D eigenvalue weighted by Gasteiger charge is -2.25. The van der Waals surface area contributed by atoms with Crippen LogP contribution in [0.3, 0.4) is 0 Å². The maximum Gasteiger partial charge on any atom is 0.158 e. The highest BCUT2D eigenvalue weighted by atomic mass is 35.5. The molecule has 0 saturated heterocycles. The highest BCUT2D eigenvalue weighted by Crippen LogP contribution is 2.29. The van der Waals surface area contributed by atoms with E-state index in [1.54, 1.807) is 6.07 Å². The molecule has 1 N–H and O–H groups in total. The molecule has 1 fully saturated rings. The fourth-order valence-corrected chi connectivity index (χ4v) is 2.20. The van der Waals surface area contributed by atoms with E-state index in [1.165, 1.54) is 25.7 Å². The highest BCUT2D eigenvalue weighted by Gasteiger charge is 2.16. The molecule has 0 bridgehead atoms. The monoisotopic (exact) mass is 269 g/mol. The SMILES string of the molecule is CCOCc1nc(Cl)cc(NCCC2CCC2)n1. The van der Waals surface area contributed by atoms with Gasteiger partial charge in [-0.05, 0) is 19.3 Å². The lowest BCUT2D eigenvalue weighted by atomic mass is 9.83. The van der Waals surface area contributed by atoms with Gasteiger partial charge in [0.25, 0.3) is 0 Å². The zero-order chi connectivity index (χ0) is 12.8. The van der Waals surface area contributed by atoms with Gasteiger partial charge in [-0.25, -0.2) is 9.97 Å². The normalized spacial score (nSPS) is 15.4. The van der Waals surface area contributed by atoms with Crippen molar-refractivity contribution in [3.63, 3.8) is 0 Å². The maximum absolute atomic E-state index is 5.96. The van der Waals surface area contributed by atoms with Gasteiger partial charge < -0.3 is 10.1 Å². The Kier molecular flexibility index (Phi) is 5.20. The summed E-state index contributed by atoms with van der Waals surface area (Å²) in [5.74, 6) is 2.33. The molecule has 4 nitrogen and oxygen atoms in total. The Labute approximate surface area is 113 Å². The van der Waals surface area contributed by atoms with E-state index in [4.69, 9.17) is 16.3 Å². The van der Waals surface area contributed by atoms with Gasteiger partial charge in [-0.1, -0.05) is 30.9 Å². The topological polar surface area (TPSA) is 47.0 Å². The molecule has 0 aliphatic heterocycles. The van der Waals surface area contributed by atoms with Crippen LogP contribution in [-0.2, 0) is 11.3 Å². The van der Waals surface area contributed by atoms with Crippen LogP contribution in [0.15, 0.2) is 6.07 Å². The summed E-state index contributed by atoms with van der Waals surface area (Å²) >= 11 is 5.96. The van der Waals surface area contributed by atoms with E-state index in [0.29, 0.717) is 24.2 Å². The average Bonchev–Trinajstić information content (AvgIpc) is 2.29. The minimum Gasteiger partial charge on any atom is -0.374 e. The molecule has 1 aliphatic rings. The number of halogens is 1. The Morgan fingerprint density at radius 3 is 2.94 bits per heavy atom. The van der Waals surface area contributed by atoms with Crippen molar-refractivity contribution in [2.24, 2.45) is 5.92 Å². The number of hydrogen-bond donors (Lipinski definition) is 1. The van der Waals surface area contributed by atoms with Crippen molar-refractivity contribution in [1.29, 1.82) is 0 Å². The van der Waals surface area contributed by atoms with E-state index in [-0.39, 0.29) is 0 Å². The van der Waals surface area contributed by atoms with Gasteiger partial charge in [0.15, 0.2) is 5.82 Å². The van der Waals surface area contributed by atoms with Gasteiger partial charge in [0, 0.05) is 19.2 Å². The van der Waals surface area contributed by atoms with Crippen molar-refractivity contribution in [3.8, 4) is 0 Å². The summed E-state index contributed by atoms with van der Waals surface area (Å²) in [6.07, 6.45) is 5.36. The number of anilines is 1. The molecule has 0 aromatic carbocycles. The summed E-state index contributed by atoms with van der Waals surface area (Å²) in [6.45, 7) is 3.96. The fraction of sp³-hybridized carbons (Fsp3) is 0.692. The molecule has 2 rings (SSSR count). The predicted molar refractivity (Wildman–Crippen MR) is 72.8 cm³/mol. The summed E-state index contributed by atoms with van der Waals surface area (Å²) in [5, 5.41) is 3.77. The van der Waals surface area contributed by atoms with Gasteiger partial charge in [0.05, 0.1) is 0 Å². The first-order valence-electron chi connectivity index (χ1n) is 6.63. The second-order valence-corrected chi connectivity index (χ2v) is 5.03. The van der Waals surface area contributed by atoms with Gasteiger partial charge in [-0.3, -0.25) is 0 Å². The summed E-state index contributed by atoms with van der Waals surface area (Å²) in [6, 6.07) is 1.76. The second kappa shape index (κ2) is 6.90. The second-order valence-electron chi connectivity index (χ2n) is 4.64. The van der Waals surface area contributed by atoms with E-state index in [0.717, 1.165) is 18.3 Å².